The zero-order valence-corrected chi connectivity index (χ0v) is 16.6. The SMILES string of the molecule is CCc1[nH]c(C(=O)NC2CCN(c3ncc(C(N)=O)s3)CC2OC)nc1Cl. The molecule has 27 heavy (non-hydrogen) atoms. The van der Waals surface area contributed by atoms with Crippen LogP contribution in [0.1, 0.15) is 39.3 Å². The molecule has 2 amide bonds. The number of aromatic amines is 1. The van der Waals surface area contributed by atoms with Crippen molar-refractivity contribution in [3.63, 3.8) is 0 Å². The number of methoxy groups -OCH3 is 1. The highest BCUT2D eigenvalue weighted by molar-refractivity contribution is 7.17. The van der Waals surface area contributed by atoms with E-state index in [1.807, 2.05) is 11.8 Å². The van der Waals surface area contributed by atoms with Gasteiger partial charge < -0.3 is 25.7 Å². The normalized spacial score (nSPS) is 19.9. The van der Waals surface area contributed by atoms with Crippen molar-refractivity contribution in [2.75, 3.05) is 25.1 Å². The van der Waals surface area contributed by atoms with Crippen molar-refractivity contribution >= 4 is 39.9 Å². The first kappa shape index (κ1) is 19.6. The molecule has 2 aromatic heterocycles. The smallest absolute Gasteiger partial charge is 0.287 e. The molecule has 3 heterocycles. The molecule has 0 radical (unpaired) electrons. The van der Waals surface area contributed by atoms with Crippen LogP contribution in [0, 0.1) is 0 Å². The van der Waals surface area contributed by atoms with E-state index in [2.05, 4.69) is 20.3 Å². The first-order chi connectivity index (χ1) is 12.9. The highest BCUT2D eigenvalue weighted by Crippen LogP contribution is 2.26. The zero-order valence-electron chi connectivity index (χ0n) is 15.0. The second-order valence-electron chi connectivity index (χ2n) is 6.17. The summed E-state index contributed by atoms with van der Waals surface area (Å²) in [6.07, 6.45) is 2.56. The number of nitrogens with one attached hydrogen (secondary N) is 2. The molecule has 2 atom stereocenters. The summed E-state index contributed by atoms with van der Waals surface area (Å²) in [6.45, 7) is 3.13. The Morgan fingerprint density at radius 2 is 2.33 bits per heavy atom. The number of rotatable bonds is 6. The van der Waals surface area contributed by atoms with Crippen molar-refractivity contribution in [2.24, 2.45) is 5.73 Å². The van der Waals surface area contributed by atoms with Gasteiger partial charge >= 0.3 is 0 Å². The summed E-state index contributed by atoms with van der Waals surface area (Å²) in [7, 11) is 1.60. The first-order valence-electron chi connectivity index (χ1n) is 8.51. The number of piperidine rings is 1. The van der Waals surface area contributed by atoms with E-state index in [4.69, 9.17) is 22.1 Å². The predicted octanol–water partition coefficient (Wildman–Crippen LogP) is 1.20. The molecule has 1 saturated heterocycles. The topological polar surface area (TPSA) is 126 Å². The third-order valence-corrected chi connectivity index (χ3v) is 5.87. The van der Waals surface area contributed by atoms with Gasteiger partial charge in [-0.3, -0.25) is 9.59 Å². The number of imidazole rings is 1. The summed E-state index contributed by atoms with van der Waals surface area (Å²) in [5, 5.41) is 3.99. The molecule has 11 heteroatoms. The summed E-state index contributed by atoms with van der Waals surface area (Å²) in [5.74, 6) is -0.615. The van der Waals surface area contributed by atoms with E-state index in [1.165, 1.54) is 17.5 Å². The average Bonchev–Trinajstić information content (AvgIpc) is 3.29. The molecule has 0 bridgehead atoms. The lowest BCUT2D eigenvalue weighted by Gasteiger charge is -2.37. The number of thiazole rings is 1. The Labute approximate surface area is 165 Å². The maximum absolute atomic E-state index is 12.5. The van der Waals surface area contributed by atoms with Crippen molar-refractivity contribution in [1.29, 1.82) is 0 Å². The number of amides is 2. The van der Waals surface area contributed by atoms with Crippen molar-refractivity contribution < 1.29 is 14.3 Å². The highest BCUT2D eigenvalue weighted by Gasteiger charge is 2.32. The van der Waals surface area contributed by atoms with Crippen molar-refractivity contribution in [1.82, 2.24) is 20.3 Å². The Kier molecular flexibility index (Phi) is 5.98. The molecule has 9 nitrogen and oxygen atoms in total. The Balaban J connectivity index is 1.65. The molecular weight excluding hydrogens is 392 g/mol. The molecular formula is C16H21ClN6O3S. The standard InChI is InChI=1S/C16H21ClN6O3S/c1-3-8-12(17)22-14(20-8)15(25)21-9-4-5-23(7-10(9)26-2)16-19-6-11(27-16)13(18)24/h6,9-10H,3-5,7H2,1-2H3,(H2,18,24)(H,20,22)(H,21,25). The monoisotopic (exact) mass is 412 g/mol. The Morgan fingerprint density at radius 1 is 1.56 bits per heavy atom. The van der Waals surface area contributed by atoms with Crippen LogP contribution in [0.15, 0.2) is 6.20 Å². The number of ether oxygens (including phenoxy) is 1. The molecule has 1 aliphatic heterocycles. The second-order valence-corrected chi connectivity index (χ2v) is 7.54. The lowest BCUT2D eigenvalue weighted by Crippen LogP contribution is -2.55. The molecule has 1 fully saturated rings. The van der Waals surface area contributed by atoms with Crippen LogP contribution in [0.25, 0.3) is 0 Å². The number of hydrogen-bond acceptors (Lipinski definition) is 7. The number of aryl methyl sites for hydroxylation is 1. The number of carbonyl (C=O) groups is 2. The number of hydrogen-bond donors (Lipinski definition) is 3. The number of primary amides is 1. The summed E-state index contributed by atoms with van der Waals surface area (Å²) < 4.78 is 5.57. The highest BCUT2D eigenvalue weighted by atomic mass is 35.5. The number of anilines is 1. The van der Waals surface area contributed by atoms with Crippen LogP contribution in [0.3, 0.4) is 0 Å². The van der Waals surface area contributed by atoms with E-state index in [0.717, 1.165) is 5.69 Å². The molecule has 2 aromatic rings. The van der Waals surface area contributed by atoms with E-state index >= 15 is 0 Å². The molecule has 2 unspecified atom stereocenters. The molecule has 4 N–H and O–H groups in total. The fourth-order valence-corrected chi connectivity index (χ4v) is 4.05. The molecule has 0 aromatic carbocycles. The van der Waals surface area contributed by atoms with Gasteiger partial charge in [-0.05, 0) is 12.8 Å². The number of H-pyrrole nitrogens is 1. The molecule has 146 valence electrons. The van der Waals surface area contributed by atoms with Crippen LogP contribution in [-0.2, 0) is 11.2 Å². The van der Waals surface area contributed by atoms with Gasteiger partial charge in [0.1, 0.15) is 4.88 Å². The van der Waals surface area contributed by atoms with Gasteiger partial charge in [0, 0.05) is 20.2 Å². The fourth-order valence-electron chi connectivity index (χ4n) is 2.99. The van der Waals surface area contributed by atoms with Gasteiger partial charge in [0.2, 0.25) is 0 Å². The van der Waals surface area contributed by atoms with Crippen LogP contribution in [0.2, 0.25) is 5.15 Å². The molecule has 1 aliphatic rings. The van der Waals surface area contributed by atoms with Crippen LogP contribution < -0.4 is 16.0 Å². The first-order valence-corrected chi connectivity index (χ1v) is 9.71. The largest absolute Gasteiger partial charge is 0.377 e. The van der Waals surface area contributed by atoms with E-state index in [0.29, 0.717) is 41.1 Å². The van der Waals surface area contributed by atoms with Gasteiger partial charge in [-0.15, -0.1) is 0 Å². The molecule has 0 aliphatic carbocycles. The quantitative estimate of drug-likeness (QED) is 0.654. The third-order valence-electron chi connectivity index (χ3n) is 4.48. The number of nitrogens with two attached hydrogens (primary N) is 1. The number of carbonyl (C=O) groups excluding carboxylic acids is 2. The van der Waals surface area contributed by atoms with Gasteiger partial charge in [-0.1, -0.05) is 29.9 Å². The minimum atomic E-state index is -0.493. The van der Waals surface area contributed by atoms with Crippen LogP contribution in [-0.4, -0.2) is 59.1 Å². The Bertz CT molecular complexity index is 838. The minimum Gasteiger partial charge on any atom is -0.377 e. The summed E-state index contributed by atoms with van der Waals surface area (Å²) in [4.78, 5) is 37.5. The molecule has 0 saturated carbocycles. The van der Waals surface area contributed by atoms with Gasteiger partial charge in [-0.25, -0.2) is 9.97 Å². The second kappa shape index (κ2) is 8.24. The zero-order chi connectivity index (χ0) is 19.6. The number of nitrogens with zero attached hydrogens (tertiary/aromatic N) is 3. The van der Waals surface area contributed by atoms with Crippen LogP contribution in [0.5, 0.6) is 0 Å². The van der Waals surface area contributed by atoms with Gasteiger partial charge in [0.05, 0.1) is 24.0 Å². The number of aromatic nitrogens is 3. The van der Waals surface area contributed by atoms with E-state index in [-0.39, 0.29) is 23.9 Å². The van der Waals surface area contributed by atoms with Gasteiger partial charge in [-0.2, -0.15) is 0 Å². The summed E-state index contributed by atoms with van der Waals surface area (Å²) in [5.41, 5.74) is 6.02. The molecule has 0 spiro atoms. The van der Waals surface area contributed by atoms with E-state index < -0.39 is 5.91 Å². The Morgan fingerprint density at radius 3 is 2.93 bits per heavy atom. The molecule has 3 rings (SSSR count). The number of halogens is 1. The average molecular weight is 413 g/mol. The maximum atomic E-state index is 12.5. The van der Waals surface area contributed by atoms with Crippen LogP contribution in [0.4, 0.5) is 5.13 Å². The predicted molar refractivity (Wildman–Crippen MR) is 102 cm³/mol. The lowest BCUT2D eigenvalue weighted by atomic mass is 10.0. The Hall–Kier alpha value is -2.17. The van der Waals surface area contributed by atoms with Gasteiger partial charge in [0.15, 0.2) is 16.1 Å². The lowest BCUT2D eigenvalue weighted by molar-refractivity contribution is 0.0538. The van der Waals surface area contributed by atoms with Crippen molar-refractivity contribution in [3.05, 3.63) is 27.7 Å². The minimum absolute atomic E-state index is 0.178. The third kappa shape index (κ3) is 4.23. The van der Waals surface area contributed by atoms with E-state index in [1.54, 1.807) is 7.11 Å². The fraction of sp³-hybridized carbons (Fsp3) is 0.500. The summed E-state index contributed by atoms with van der Waals surface area (Å²) >= 11 is 7.25. The van der Waals surface area contributed by atoms with Crippen molar-refractivity contribution in [2.45, 2.75) is 31.9 Å². The summed E-state index contributed by atoms with van der Waals surface area (Å²) in [6, 6.07) is -0.178. The van der Waals surface area contributed by atoms with Crippen LogP contribution >= 0.6 is 22.9 Å². The van der Waals surface area contributed by atoms with E-state index in [9.17, 15) is 9.59 Å². The van der Waals surface area contributed by atoms with Gasteiger partial charge in [0.25, 0.3) is 11.8 Å². The maximum Gasteiger partial charge on any atom is 0.287 e. The van der Waals surface area contributed by atoms with Crippen molar-refractivity contribution in [3.8, 4) is 0 Å².